The average Bonchev–Trinajstić information content (AvgIpc) is 3.42. The highest BCUT2D eigenvalue weighted by atomic mass is 19.1. The Morgan fingerprint density at radius 3 is 2.50 bits per heavy atom. The molecule has 0 unspecified atom stereocenters. The molecule has 0 bridgehead atoms. The molecule has 156 valence electrons. The second-order valence-corrected chi connectivity index (χ2v) is 7.64. The van der Waals surface area contributed by atoms with E-state index in [4.69, 9.17) is 9.15 Å². The first kappa shape index (κ1) is 20.2. The van der Waals surface area contributed by atoms with Crippen LogP contribution in [0.2, 0.25) is 0 Å². The van der Waals surface area contributed by atoms with Crippen LogP contribution in [0.4, 0.5) is 4.39 Å². The Kier molecular flexibility index (Phi) is 6.14. The predicted octanol–water partition coefficient (Wildman–Crippen LogP) is 4.52. The molecule has 1 aliphatic carbocycles. The van der Waals surface area contributed by atoms with E-state index in [2.05, 4.69) is 10.2 Å². The molecule has 6 heteroatoms. The molecular formula is C24H25FN2O3. The van der Waals surface area contributed by atoms with Gasteiger partial charge < -0.3 is 14.5 Å². The van der Waals surface area contributed by atoms with Crippen molar-refractivity contribution in [3.05, 3.63) is 89.1 Å². The molecule has 1 aromatic heterocycles. The van der Waals surface area contributed by atoms with Crippen LogP contribution in [0.5, 0.6) is 5.75 Å². The lowest BCUT2D eigenvalue weighted by Gasteiger charge is -2.22. The van der Waals surface area contributed by atoms with Gasteiger partial charge >= 0.3 is 0 Å². The van der Waals surface area contributed by atoms with E-state index >= 15 is 0 Å². The van der Waals surface area contributed by atoms with Crippen molar-refractivity contribution in [3.8, 4) is 5.75 Å². The average molecular weight is 408 g/mol. The van der Waals surface area contributed by atoms with Gasteiger partial charge in [0, 0.05) is 19.1 Å². The first-order valence-electron chi connectivity index (χ1n) is 10.1. The Morgan fingerprint density at radius 2 is 1.80 bits per heavy atom. The third kappa shape index (κ3) is 5.48. The van der Waals surface area contributed by atoms with Crippen LogP contribution >= 0.6 is 0 Å². The Labute approximate surface area is 175 Å². The van der Waals surface area contributed by atoms with E-state index in [9.17, 15) is 9.18 Å². The summed E-state index contributed by atoms with van der Waals surface area (Å²) in [6.45, 7) is 1.65. The number of nitrogens with zero attached hydrogens (tertiary/aromatic N) is 1. The highest BCUT2D eigenvalue weighted by Crippen LogP contribution is 2.21. The Balaban J connectivity index is 1.50. The lowest BCUT2D eigenvalue weighted by molar-refractivity contribution is 0.0918. The van der Waals surface area contributed by atoms with E-state index in [1.807, 2.05) is 36.4 Å². The van der Waals surface area contributed by atoms with Gasteiger partial charge in [0.1, 0.15) is 17.3 Å². The van der Waals surface area contributed by atoms with Crippen LogP contribution in [0.15, 0.2) is 65.1 Å². The molecule has 1 heterocycles. The van der Waals surface area contributed by atoms with Crippen LogP contribution in [0.3, 0.4) is 0 Å². The lowest BCUT2D eigenvalue weighted by atomic mass is 10.1. The zero-order valence-electron chi connectivity index (χ0n) is 16.9. The standard InChI is InChI=1S/C24H25FN2O3/c1-29-21-7-3-5-18(13-21)15-27(14-17-4-2-6-19(25)12-17)16-22-10-11-23(30-22)24(28)26-20-8-9-20/h2-7,10-13,20H,8-9,14-16H2,1H3,(H,26,28). The smallest absolute Gasteiger partial charge is 0.287 e. The third-order valence-electron chi connectivity index (χ3n) is 5.01. The molecule has 1 aliphatic rings. The van der Waals surface area contributed by atoms with Gasteiger partial charge in [-0.2, -0.15) is 0 Å². The van der Waals surface area contributed by atoms with Crippen molar-refractivity contribution in [1.29, 1.82) is 0 Å². The summed E-state index contributed by atoms with van der Waals surface area (Å²) in [6, 6.07) is 18.3. The minimum absolute atomic E-state index is 0.173. The summed E-state index contributed by atoms with van der Waals surface area (Å²) < 4.78 is 24.8. The van der Waals surface area contributed by atoms with Crippen molar-refractivity contribution in [2.24, 2.45) is 0 Å². The fourth-order valence-electron chi connectivity index (χ4n) is 3.38. The monoisotopic (exact) mass is 408 g/mol. The van der Waals surface area contributed by atoms with E-state index in [0.717, 1.165) is 29.7 Å². The summed E-state index contributed by atoms with van der Waals surface area (Å²) in [5.74, 6) is 1.37. The van der Waals surface area contributed by atoms with Crippen LogP contribution in [-0.2, 0) is 19.6 Å². The van der Waals surface area contributed by atoms with Gasteiger partial charge in [-0.3, -0.25) is 9.69 Å². The summed E-state index contributed by atoms with van der Waals surface area (Å²) in [5.41, 5.74) is 1.94. The number of ether oxygens (including phenoxy) is 1. The number of methoxy groups -OCH3 is 1. The number of hydrogen-bond acceptors (Lipinski definition) is 4. The van der Waals surface area contributed by atoms with E-state index in [1.54, 1.807) is 19.2 Å². The molecule has 1 saturated carbocycles. The fraction of sp³-hybridized carbons (Fsp3) is 0.292. The van der Waals surface area contributed by atoms with Crippen LogP contribution < -0.4 is 10.1 Å². The van der Waals surface area contributed by atoms with Crippen molar-refractivity contribution in [2.45, 2.75) is 38.5 Å². The quantitative estimate of drug-likeness (QED) is 0.566. The molecule has 2 aromatic carbocycles. The molecule has 1 fully saturated rings. The number of rotatable bonds is 9. The van der Waals surface area contributed by atoms with Crippen molar-refractivity contribution in [2.75, 3.05) is 7.11 Å². The molecule has 0 radical (unpaired) electrons. The van der Waals surface area contributed by atoms with Crippen molar-refractivity contribution >= 4 is 5.91 Å². The maximum absolute atomic E-state index is 13.7. The Hall–Kier alpha value is -3.12. The molecule has 0 spiro atoms. The second kappa shape index (κ2) is 9.13. The first-order valence-corrected chi connectivity index (χ1v) is 10.1. The van der Waals surface area contributed by atoms with Gasteiger partial charge in [0.05, 0.1) is 13.7 Å². The van der Waals surface area contributed by atoms with E-state index in [0.29, 0.717) is 31.2 Å². The molecule has 3 aromatic rings. The van der Waals surface area contributed by atoms with Crippen LogP contribution in [0.1, 0.15) is 40.3 Å². The maximum Gasteiger partial charge on any atom is 0.287 e. The number of amides is 1. The molecule has 30 heavy (non-hydrogen) atoms. The number of benzene rings is 2. The summed E-state index contributed by atoms with van der Waals surface area (Å²) in [7, 11) is 1.64. The predicted molar refractivity (Wildman–Crippen MR) is 112 cm³/mol. The molecule has 4 rings (SSSR count). The first-order chi connectivity index (χ1) is 14.6. The number of hydrogen-bond donors (Lipinski definition) is 1. The minimum Gasteiger partial charge on any atom is -0.497 e. The summed E-state index contributed by atoms with van der Waals surface area (Å²) in [5, 5.41) is 2.93. The third-order valence-corrected chi connectivity index (χ3v) is 5.01. The van der Waals surface area contributed by atoms with Crippen LogP contribution in [-0.4, -0.2) is 24.0 Å². The normalized spacial score (nSPS) is 13.4. The maximum atomic E-state index is 13.7. The molecule has 1 N–H and O–H groups in total. The van der Waals surface area contributed by atoms with Gasteiger partial charge in [-0.15, -0.1) is 0 Å². The number of carbonyl (C=O) groups excluding carboxylic acids is 1. The van der Waals surface area contributed by atoms with Gasteiger partial charge in [0.25, 0.3) is 5.91 Å². The highest BCUT2D eigenvalue weighted by Gasteiger charge is 2.25. The second-order valence-electron chi connectivity index (χ2n) is 7.64. The number of furan rings is 1. The molecule has 0 atom stereocenters. The van der Waals surface area contributed by atoms with Gasteiger partial charge in [0.15, 0.2) is 5.76 Å². The Morgan fingerprint density at radius 1 is 1.07 bits per heavy atom. The van der Waals surface area contributed by atoms with Crippen LogP contribution in [0, 0.1) is 5.82 Å². The van der Waals surface area contributed by atoms with Crippen molar-refractivity contribution < 1.29 is 18.3 Å². The largest absolute Gasteiger partial charge is 0.497 e. The van der Waals surface area contributed by atoms with Gasteiger partial charge in [-0.25, -0.2) is 4.39 Å². The zero-order chi connectivity index (χ0) is 20.9. The fourth-order valence-corrected chi connectivity index (χ4v) is 3.38. The highest BCUT2D eigenvalue weighted by molar-refractivity contribution is 5.91. The van der Waals surface area contributed by atoms with Crippen molar-refractivity contribution in [3.63, 3.8) is 0 Å². The lowest BCUT2D eigenvalue weighted by Crippen LogP contribution is -2.25. The number of carbonyl (C=O) groups is 1. The van der Waals surface area contributed by atoms with E-state index < -0.39 is 0 Å². The minimum atomic E-state index is -0.258. The summed E-state index contributed by atoms with van der Waals surface area (Å²) in [4.78, 5) is 14.4. The van der Waals surface area contributed by atoms with Gasteiger partial charge in [-0.05, 0) is 60.4 Å². The topological polar surface area (TPSA) is 54.7 Å². The summed E-state index contributed by atoms with van der Waals surface area (Å²) in [6.07, 6.45) is 2.06. The van der Waals surface area contributed by atoms with Gasteiger partial charge in [-0.1, -0.05) is 24.3 Å². The zero-order valence-corrected chi connectivity index (χ0v) is 16.9. The number of nitrogens with one attached hydrogen (secondary N) is 1. The Bertz CT molecular complexity index is 1010. The summed E-state index contributed by atoms with van der Waals surface area (Å²) >= 11 is 0. The molecule has 1 amide bonds. The van der Waals surface area contributed by atoms with Crippen molar-refractivity contribution in [1.82, 2.24) is 10.2 Å². The molecule has 0 saturated heterocycles. The molecular weight excluding hydrogens is 383 g/mol. The SMILES string of the molecule is COc1cccc(CN(Cc2cccc(F)c2)Cc2ccc(C(=O)NC3CC3)o2)c1. The van der Waals surface area contributed by atoms with Crippen LogP contribution in [0.25, 0.3) is 0 Å². The number of halogens is 1. The van der Waals surface area contributed by atoms with E-state index in [-0.39, 0.29) is 17.8 Å². The molecule has 5 nitrogen and oxygen atoms in total. The van der Waals surface area contributed by atoms with Gasteiger partial charge in [0.2, 0.25) is 0 Å². The van der Waals surface area contributed by atoms with E-state index in [1.165, 1.54) is 12.1 Å². The molecule has 0 aliphatic heterocycles.